The van der Waals surface area contributed by atoms with E-state index < -0.39 is 0 Å². The zero-order valence-electron chi connectivity index (χ0n) is 9.39. The van der Waals surface area contributed by atoms with Gasteiger partial charge in [-0.15, -0.1) is 0 Å². The third-order valence-electron chi connectivity index (χ3n) is 3.25. The molecular formula is C13H17N3. The molecule has 0 radical (unpaired) electrons. The molecule has 0 aliphatic heterocycles. The predicted molar refractivity (Wildman–Crippen MR) is 62.4 cm³/mol. The van der Waals surface area contributed by atoms with Crippen molar-refractivity contribution in [2.75, 3.05) is 0 Å². The van der Waals surface area contributed by atoms with Crippen molar-refractivity contribution in [2.24, 2.45) is 5.92 Å². The lowest BCUT2D eigenvalue weighted by Gasteiger charge is -2.25. The molecule has 0 atom stereocenters. The number of hydrogen-bond donors (Lipinski definition) is 1. The summed E-state index contributed by atoms with van der Waals surface area (Å²) in [6.07, 6.45) is 7.99. The van der Waals surface area contributed by atoms with E-state index in [-0.39, 0.29) is 0 Å². The second-order valence-electron chi connectivity index (χ2n) is 4.41. The average Bonchev–Trinajstić information content (AvgIpc) is 2.38. The van der Waals surface area contributed by atoms with Gasteiger partial charge in [-0.1, -0.05) is 0 Å². The predicted octanol–water partition coefficient (Wildman–Crippen LogP) is 2.25. The van der Waals surface area contributed by atoms with Gasteiger partial charge in [0.1, 0.15) is 0 Å². The molecule has 0 spiro atoms. The molecule has 0 bridgehead atoms. The van der Waals surface area contributed by atoms with Crippen LogP contribution in [0, 0.1) is 17.2 Å². The van der Waals surface area contributed by atoms with Crippen molar-refractivity contribution in [1.82, 2.24) is 10.3 Å². The second kappa shape index (κ2) is 5.62. The maximum Gasteiger partial charge on any atom is 0.0655 e. The van der Waals surface area contributed by atoms with E-state index in [0.29, 0.717) is 12.0 Å². The lowest BCUT2D eigenvalue weighted by Crippen LogP contribution is -2.32. The molecule has 1 heterocycles. The lowest BCUT2D eigenvalue weighted by atomic mass is 9.87. The lowest BCUT2D eigenvalue weighted by molar-refractivity contribution is 0.331. The Morgan fingerprint density at radius 3 is 2.56 bits per heavy atom. The van der Waals surface area contributed by atoms with Gasteiger partial charge in [0.2, 0.25) is 0 Å². The van der Waals surface area contributed by atoms with E-state index in [1.54, 1.807) is 0 Å². The summed E-state index contributed by atoms with van der Waals surface area (Å²) < 4.78 is 0. The zero-order valence-corrected chi connectivity index (χ0v) is 9.39. The fourth-order valence-electron chi connectivity index (χ4n) is 2.19. The van der Waals surface area contributed by atoms with Crippen LogP contribution in [0.5, 0.6) is 0 Å². The Bertz CT molecular complexity index is 347. The summed E-state index contributed by atoms with van der Waals surface area (Å²) in [5, 5.41) is 12.4. The van der Waals surface area contributed by atoms with Crippen molar-refractivity contribution in [3.05, 3.63) is 30.1 Å². The largest absolute Gasteiger partial charge is 0.310 e. The molecule has 0 aromatic carbocycles. The maximum atomic E-state index is 8.81. The minimum atomic E-state index is 0.291. The molecule has 1 saturated carbocycles. The van der Waals surface area contributed by atoms with Crippen molar-refractivity contribution in [3.63, 3.8) is 0 Å². The molecule has 16 heavy (non-hydrogen) atoms. The Hall–Kier alpha value is -1.40. The minimum absolute atomic E-state index is 0.291. The summed E-state index contributed by atoms with van der Waals surface area (Å²) in [6, 6.07) is 7.01. The zero-order chi connectivity index (χ0) is 11.2. The Morgan fingerprint density at radius 2 is 1.94 bits per heavy atom. The van der Waals surface area contributed by atoms with Gasteiger partial charge in [-0.2, -0.15) is 5.26 Å². The van der Waals surface area contributed by atoms with Crippen molar-refractivity contribution in [2.45, 2.75) is 38.3 Å². The summed E-state index contributed by atoms with van der Waals surface area (Å²) in [4.78, 5) is 4.00. The van der Waals surface area contributed by atoms with Crippen LogP contribution < -0.4 is 5.32 Å². The molecule has 1 N–H and O–H groups in total. The van der Waals surface area contributed by atoms with Gasteiger partial charge in [0.15, 0.2) is 0 Å². The van der Waals surface area contributed by atoms with Crippen molar-refractivity contribution < 1.29 is 0 Å². The second-order valence-corrected chi connectivity index (χ2v) is 4.41. The molecule has 3 nitrogen and oxygen atoms in total. The van der Waals surface area contributed by atoms with Crippen LogP contribution in [0.3, 0.4) is 0 Å². The summed E-state index contributed by atoms with van der Waals surface area (Å²) in [7, 11) is 0. The van der Waals surface area contributed by atoms with E-state index >= 15 is 0 Å². The average molecular weight is 215 g/mol. The molecule has 84 valence electrons. The van der Waals surface area contributed by atoms with Gasteiger partial charge in [0.05, 0.1) is 6.07 Å². The number of hydrogen-bond acceptors (Lipinski definition) is 3. The van der Waals surface area contributed by atoms with Crippen molar-refractivity contribution in [3.8, 4) is 6.07 Å². The van der Waals surface area contributed by atoms with Crippen LogP contribution in [0.15, 0.2) is 24.5 Å². The van der Waals surface area contributed by atoms with E-state index in [1.807, 2.05) is 24.5 Å². The first-order chi connectivity index (χ1) is 7.88. The Labute approximate surface area is 96.5 Å². The van der Waals surface area contributed by atoms with Gasteiger partial charge in [-0.25, -0.2) is 0 Å². The van der Waals surface area contributed by atoms with Crippen LogP contribution in [0.2, 0.25) is 0 Å². The molecule has 0 unspecified atom stereocenters. The van der Waals surface area contributed by atoms with Crippen LogP contribution in [0.4, 0.5) is 0 Å². The standard InChI is InChI=1S/C13H17N3/c14-9-11-1-3-13(4-2-11)16-10-12-5-7-15-8-6-12/h5-8,11,13,16H,1-4,10H2. The highest BCUT2D eigenvalue weighted by Crippen LogP contribution is 2.23. The summed E-state index contributed by atoms with van der Waals surface area (Å²) >= 11 is 0. The monoisotopic (exact) mass is 215 g/mol. The fraction of sp³-hybridized carbons (Fsp3) is 0.538. The number of rotatable bonds is 3. The van der Waals surface area contributed by atoms with Gasteiger partial charge in [-0.3, -0.25) is 4.98 Å². The minimum Gasteiger partial charge on any atom is -0.310 e. The van der Waals surface area contributed by atoms with Gasteiger partial charge in [0, 0.05) is 30.9 Å². The summed E-state index contributed by atoms with van der Waals surface area (Å²) in [6.45, 7) is 0.907. The number of nitriles is 1. The first kappa shape index (κ1) is 11.1. The fourth-order valence-corrected chi connectivity index (χ4v) is 2.19. The van der Waals surface area contributed by atoms with Gasteiger partial charge in [0.25, 0.3) is 0 Å². The Balaban J connectivity index is 1.74. The topological polar surface area (TPSA) is 48.7 Å². The van der Waals surface area contributed by atoms with Crippen molar-refractivity contribution in [1.29, 1.82) is 5.26 Å². The number of pyridine rings is 1. The summed E-state index contributed by atoms with van der Waals surface area (Å²) in [5.74, 6) is 0.291. The van der Waals surface area contributed by atoms with E-state index in [4.69, 9.17) is 5.26 Å². The molecule has 1 aliphatic rings. The molecule has 1 aliphatic carbocycles. The molecule has 0 amide bonds. The van der Waals surface area contributed by atoms with E-state index in [9.17, 15) is 0 Å². The van der Waals surface area contributed by atoms with Crippen LogP contribution in [0.25, 0.3) is 0 Å². The Kier molecular flexibility index (Phi) is 3.90. The van der Waals surface area contributed by atoms with Crippen LogP contribution in [-0.4, -0.2) is 11.0 Å². The summed E-state index contributed by atoms with van der Waals surface area (Å²) in [5.41, 5.74) is 1.28. The highest BCUT2D eigenvalue weighted by molar-refractivity contribution is 5.09. The van der Waals surface area contributed by atoms with Crippen molar-refractivity contribution >= 4 is 0 Å². The highest BCUT2D eigenvalue weighted by atomic mass is 14.9. The van der Waals surface area contributed by atoms with Gasteiger partial charge >= 0.3 is 0 Å². The van der Waals surface area contributed by atoms with Crippen LogP contribution in [-0.2, 0) is 6.54 Å². The van der Waals surface area contributed by atoms with Crippen LogP contribution >= 0.6 is 0 Å². The van der Waals surface area contributed by atoms with E-state index in [1.165, 1.54) is 5.56 Å². The number of nitrogens with zero attached hydrogens (tertiary/aromatic N) is 2. The first-order valence-corrected chi connectivity index (χ1v) is 5.90. The van der Waals surface area contributed by atoms with Crippen LogP contribution in [0.1, 0.15) is 31.2 Å². The molecule has 0 saturated heterocycles. The third-order valence-corrected chi connectivity index (χ3v) is 3.25. The third kappa shape index (κ3) is 3.04. The number of nitrogens with one attached hydrogen (secondary N) is 1. The van der Waals surface area contributed by atoms with E-state index in [2.05, 4.69) is 16.4 Å². The Morgan fingerprint density at radius 1 is 1.25 bits per heavy atom. The maximum absolute atomic E-state index is 8.81. The molecule has 1 fully saturated rings. The smallest absolute Gasteiger partial charge is 0.0655 e. The highest BCUT2D eigenvalue weighted by Gasteiger charge is 2.19. The normalized spacial score (nSPS) is 24.9. The van der Waals surface area contributed by atoms with E-state index in [0.717, 1.165) is 32.2 Å². The van der Waals surface area contributed by atoms with Gasteiger partial charge < -0.3 is 5.32 Å². The van der Waals surface area contributed by atoms with Gasteiger partial charge in [-0.05, 0) is 43.4 Å². The molecular weight excluding hydrogens is 198 g/mol. The molecule has 1 aromatic rings. The number of aromatic nitrogens is 1. The molecule has 2 rings (SSSR count). The SMILES string of the molecule is N#CC1CCC(NCc2ccncc2)CC1. The molecule has 3 heteroatoms. The quantitative estimate of drug-likeness (QED) is 0.841. The molecule has 1 aromatic heterocycles. The first-order valence-electron chi connectivity index (χ1n) is 5.90.